The molecule has 21 heavy (non-hydrogen) atoms. The van der Waals surface area contributed by atoms with E-state index in [0.29, 0.717) is 23.0 Å². The van der Waals surface area contributed by atoms with Crippen LogP contribution in [0.15, 0.2) is 0 Å². The van der Waals surface area contributed by atoms with Crippen LogP contribution in [0.5, 0.6) is 0 Å². The predicted octanol–water partition coefficient (Wildman–Crippen LogP) is 6.99. The zero-order valence-corrected chi connectivity index (χ0v) is 16.2. The third-order valence-corrected chi connectivity index (χ3v) is 4.71. The fourth-order valence-electron chi connectivity index (χ4n) is 3.64. The molecular formula is C20H42O. The average Bonchev–Trinajstić information content (AvgIpc) is 2.36. The summed E-state index contributed by atoms with van der Waals surface area (Å²) in [4.78, 5) is 0. The van der Waals surface area contributed by atoms with Gasteiger partial charge in [-0.15, -0.1) is 0 Å². The third kappa shape index (κ3) is 9.55. The van der Waals surface area contributed by atoms with Gasteiger partial charge in [0.25, 0.3) is 0 Å². The van der Waals surface area contributed by atoms with E-state index >= 15 is 0 Å². The first-order chi connectivity index (χ1) is 9.69. The molecule has 1 nitrogen and oxygen atoms in total. The monoisotopic (exact) mass is 298 g/mol. The largest absolute Gasteiger partial charge is 0.375 e. The van der Waals surface area contributed by atoms with Crippen molar-refractivity contribution in [2.75, 3.05) is 0 Å². The quantitative estimate of drug-likeness (QED) is 0.377. The molecule has 0 aliphatic heterocycles. The highest BCUT2D eigenvalue weighted by atomic mass is 16.5. The Hall–Kier alpha value is -0.0400. The zero-order valence-electron chi connectivity index (χ0n) is 16.2. The van der Waals surface area contributed by atoms with Crippen molar-refractivity contribution in [3.05, 3.63) is 0 Å². The Morgan fingerprint density at radius 3 is 1.24 bits per heavy atom. The van der Waals surface area contributed by atoms with E-state index in [1.165, 1.54) is 38.5 Å². The van der Waals surface area contributed by atoms with Gasteiger partial charge in [0.15, 0.2) is 0 Å². The summed E-state index contributed by atoms with van der Waals surface area (Å²) in [5.41, 5.74) is 0.819. The molecule has 2 atom stereocenters. The van der Waals surface area contributed by atoms with Gasteiger partial charge in [0, 0.05) is 0 Å². The molecule has 0 saturated heterocycles. The maximum absolute atomic E-state index is 6.51. The van der Waals surface area contributed by atoms with Gasteiger partial charge in [0.1, 0.15) is 0 Å². The van der Waals surface area contributed by atoms with Gasteiger partial charge in [-0.3, -0.25) is 0 Å². The molecule has 0 aromatic carbocycles. The Labute approximate surface area is 135 Å². The van der Waals surface area contributed by atoms with Gasteiger partial charge in [-0.1, -0.05) is 68.2 Å². The van der Waals surface area contributed by atoms with Crippen LogP contribution in [0.3, 0.4) is 0 Å². The summed E-state index contributed by atoms with van der Waals surface area (Å²) >= 11 is 0. The fourth-order valence-corrected chi connectivity index (χ4v) is 3.64. The van der Waals surface area contributed by atoms with Crippen molar-refractivity contribution in [1.82, 2.24) is 0 Å². The van der Waals surface area contributed by atoms with Crippen molar-refractivity contribution < 1.29 is 4.74 Å². The van der Waals surface area contributed by atoms with Gasteiger partial charge in [0.05, 0.1) is 12.2 Å². The van der Waals surface area contributed by atoms with Crippen molar-refractivity contribution in [2.24, 2.45) is 10.8 Å². The first-order valence-electron chi connectivity index (χ1n) is 9.35. The highest BCUT2D eigenvalue weighted by Crippen LogP contribution is 2.34. The van der Waals surface area contributed by atoms with Crippen LogP contribution in [-0.2, 0) is 4.74 Å². The smallest absolute Gasteiger partial charge is 0.0581 e. The molecule has 0 aromatic rings. The Bertz CT molecular complexity index is 229. The number of rotatable bonds is 12. The lowest BCUT2D eigenvalue weighted by Gasteiger charge is -2.34. The first-order valence-corrected chi connectivity index (χ1v) is 9.35. The minimum absolute atomic E-state index is 0.409. The molecule has 0 bridgehead atoms. The zero-order chi connectivity index (χ0) is 16.5. The number of hydrogen-bond donors (Lipinski definition) is 0. The molecule has 2 unspecified atom stereocenters. The van der Waals surface area contributed by atoms with E-state index in [1.54, 1.807) is 0 Å². The van der Waals surface area contributed by atoms with Crippen molar-refractivity contribution in [2.45, 2.75) is 119 Å². The lowest BCUT2D eigenvalue weighted by Crippen LogP contribution is -2.30. The molecule has 1 heteroatoms. The van der Waals surface area contributed by atoms with Gasteiger partial charge in [-0.25, -0.2) is 0 Å². The van der Waals surface area contributed by atoms with Crippen LogP contribution >= 0.6 is 0 Å². The summed E-state index contributed by atoms with van der Waals surface area (Å²) in [6.45, 7) is 18.7. The normalized spacial score (nSPS) is 16.0. The second-order valence-corrected chi connectivity index (χ2v) is 8.43. The van der Waals surface area contributed by atoms with E-state index in [4.69, 9.17) is 4.74 Å². The Morgan fingerprint density at radius 2 is 1.00 bits per heavy atom. The molecule has 0 spiro atoms. The molecule has 0 aliphatic rings. The fraction of sp³-hybridized carbons (Fsp3) is 1.00. The molecule has 0 fully saturated rings. The van der Waals surface area contributed by atoms with Crippen LogP contribution in [0, 0.1) is 10.8 Å². The molecular weight excluding hydrogens is 256 g/mol. The minimum atomic E-state index is 0.409. The SMILES string of the molecule is CCCC(C)(C)CC(CC)OC(CC)CC(C)(C)CCC. The average molecular weight is 299 g/mol. The van der Waals surface area contributed by atoms with Crippen LogP contribution in [-0.4, -0.2) is 12.2 Å². The summed E-state index contributed by atoms with van der Waals surface area (Å²) in [6, 6.07) is 0. The Balaban J connectivity index is 4.55. The highest BCUT2D eigenvalue weighted by Gasteiger charge is 2.27. The van der Waals surface area contributed by atoms with Crippen molar-refractivity contribution in [3.63, 3.8) is 0 Å². The molecule has 0 aromatic heterocycles. The van der Waals surface area contributed by atoms with Crippen molar-refractivity contribution >= 4 is 0 Å². The van der Waals surface area contributed by atoms with Gasteiger partial charge in [-0.05, 0) is 49.4 Å². The predicted molar refractivity (Wildman–Crippen MR) is 95.9 cm³/mol. The van der Waals surface area contributed by atoms with E-state index in [-0.39, 0.29) is 0 Å². The Kier molecular flexibility index (Phi) is 9.85. The van der Waals surface area contributed by atoms with Crippen LogP contribution in [0.4, 0.5) is 0 Å². The molecule has 0 amide bonds. The molecule has 0 rings (SSSR count). The summed E-state index contributed by atoms with van der Waals surface area (Å²) in [6.07, 6.45) is 10.6. The third-order valence-electron chi connectivity index (χ3n) is 4.71. The number of ether oxygens (including phenoxy) is 1. The van der Waals surface area contributed by atoms with Crippen molar-refractivity contribution in [1.29, 1.82) is 0 Å². The summed E-state index contributed by atoms with van der Waals surface area (Å²) in [7, 11) is 0. The maximum atomic E-state index is 6.51. The summed E-state index contributed by atoms with van der Waals surface area (Å²) in [5, 5.41) is 0. The molecule has 0 heterocycles. The van der Waals surface area contributed by atoms with Gasteiger partial charge >= 0.3 is 0 Å². The minimum Gasteiger partial charge on any atom is -0.375 e. The van der Waals surface area contributed by atoms with Gasteiger partial charge in [0.2, 0.25) is 0 Å². The van der Waals surface area contributed by atoms with E-state index in [9.17, 15) is 0 Å². The van der Waals surface area contributed by atoms with Gasteiger partial charge in [-0.2, -0.15) is 0 Å². The van der Waals surface area contributed by atoms with E-state index < -0.39 is 0 Å². The lowest BCUT2D eigenvalue weighted by molar-refractivity contribution is -0.0545. The number of hydrogen-bond acceptors (Lipinski definition) is 1. The van der Waals surface area contributed by atoms with Crippen LogP contribution < -0.4 is 0 Å². The molecule has 128 valence electrons. The molecule has 0 radical (unpaired) electrons. The van der Waals surface area contributed by atoms with Crippen LogP contribution in [0.25, 0.3) is 0 Å². The first kappa shape index (κ1) is 21.0. The van der Waals surface area contributed by atoms with Gasteiger partial charge < -0.3 is 4.74 Å². The molecule has 0 saturated carbocycles. The van der Waals surface area contributed by atoms with E-state index in [0.717, 1.165) is 12.8 Å². The summed E-state index contributed by atoms with van der Waals surface area (Å²) in [5.74, 6) is 0. The maximum Gasteiger partial charge on any atom is 0.0581 e. The highest BCUT2D eigenvalue weighted by molar-refractivity contribution is 4.77. The topological polar surface area (TPSA) is 9.23 Å². The van der Waals surface area contributed by atoms with Crippen molar-refractivity contribution in [3.8, 4) is 0 Å². The Morgan fingerprint density at radius 1 is 0.667 bits per heavy atom. The summed E-state index contributed by atoms with van der Waals surface area (Å²) < 4.78 is 6.51. The standard InChI is InChI=1S/C20H42O/c1-9-13-19(5,6)15-17(11-3)21-18(12-4)16-20(7,8)14-10-2/h17-18H,9-16H2,1-8H3. The van der Waals surface area contributed by atoms with Crippen LogP contribution in [0.1, 0.15) is 107 Å². The lowest BCUT2D eigenvalue weighted by atomic mass is 9.81. The van der Waals surface area contributed by atoms with Crippen LogP contribution in [0.2, 0.25) is 0 Å². The second kappa shape index (κ2) is 9.87. The van der Waals surface area contributed by atoms with E-state index in [2.05, 4.69) is 55.4 Å². The molecule has 0 N–H and O–H groups in total. The molecule has 0 aliphatic carbocycles. The second-order valence-electron chi connectivity index (χ2n) is 8.43. The van der Waals surface area contributed by atoms with E-state index in [1.807, 2.05) is 0 Å².